The topological polar surface area (TPSA) is 33.1 Å². The second-order valence-corrected chi connectivity index (χ2v) is 4.51. The van der Waals surface area contributed by atoms with E-state index in [2.05, 4.69) is 23.4 Å². The molecule has 0 aliphatic rings. The first-order valence-corrected chi connectivity index (χ1v) is 5.67. The fraction of sp³-hybridized carbons (Fsp3) is 0.222. The monoisotopic (exact) mass is 211 g/mol. The average Bonchev–Trinajstić information content (AvgIpc) is 2.71. The summed E-state index contributed by atoms with van der Waals surface area (Å²) in [7, 11) is 0. The van der Waals surface area contributed by atoms with Gasteiger partial charge in [0.25, 0.3) is 0 Å². The number of aromatic nitrogens is 1. The van der Waals surface area contributed by atoms with Crippen LogP contribution in [-0.2, 0) is 6.61 Å². The zero-order valence-corrected chi connectivity index (χ0v) is 8.78. The van der Waals surface area contributed by atoms with E-state index in [0.29, 0.717) is 0 Å². The molecular formula is C9H9NOS2. The minimum Gasteiger partial charge on any atom is -0.390 e. The fourth-order valence-electron chi connectivity index (χ4n) is 1.08. The predicted molar refractivity (Wildman–Crippen MR) is 56.1 cm³/mol. The Hall–Kier alpha value is -0.710. The molecule has 0 saturated carbocycles. The highest BCUT2D eigenvalue weighted by molar-refractivity contribution is 7.20. The van der Waals surface area contributed by atoms with Crippen molar-refractivity contribution in [1.82, 2.24) is 4.98 Å². The van der Waals surface area contributed by atoms with Gasteiger partial charge in [0.05, 0.1) is 17.2 Å². The Bertz CT molecular complexity index is 405. The standard InChI is InChI=1S/C9H9NOS2/c1-6-2-3-12-8(6)9-10-7(4-11)5-13-9/h2-3,5,11H,4H2,1H3. The Labute approximate surface area is 84.5 Å². The number of hydrogen-bond donors (Lipinski definition) is 1. The van der Waals surface area contributed by atoms with Gasteiger partial charge in [-0.05, 0) is 23.9 Å². The molecule has 13 heavy (non-hydrogen) atoms. The van der Waals surface area contributed by atoms with E-state index in [1.165, 1.54) is 10.4 Å². The second kappa shape index (κ2) is 3.57. The van der Waals surface area contributed by atoms with Gasteiger partial charge in [-0.25, -0.2) is 4.98 Å². The molecule has 2 nitrogen and oxygen atoms in total. The molecule has 0 bridgehead atoms. The summed E-state index contributed by atoms with van der Waals surface area (Å²) in [5, 5.41) is 13.8. The zero-order valence-electron chi connectivity index (χ0n) is 7.15. The number of aliphatic hydroxyl groups excluding tert-OH is 1. The Balaban J connectivity index is 2.41. The smallest absolute Gasteiger partial charge is 0.133 e. The van der Waals surface area contributed by atoms with E-state index in [-0.39, 0.29) is 6.61 Å². The Morgan fingerprint density at radius 2 is 2.31 bits per heavy atom. The van der Waals surface area contributed by atoms with Crippen LogP contribution in [0.25, 0.3) is 9.88 Å². The van der Waals surface area contributed by atoms with E-state index >= 15 is 0 Å². The van der Waals surface area contributed by atoms with Crippen molar-refractivity contribution in [1.29, 1.82) is 0 Å². The molecule has 0 aliphatic heterocycles. The minimum absolute atomic E-state index is 0.0287. The van der Waals surface area contributed by atoms with Crippen LogP contribution in [0, 0.1) is 6.92 Å². The molecule has 0 amide bonds. The maximum Gasteiger partial charge on any atom is 0.133 e. The first-order chi connectivity index (χ1) is 6.31. The van der Waals surface area contributed by atoms with Crippen LogP contribution < -0.4 is 0 Å². The van der Waals surface area contributed by atoms with Crippen molar-refractivity contribution in [2.75, 3.05) is 0 Å². The van der Waals surface area contributed by atoms with Crippen molar-refractivity contribution >= 4 is 22.7 Å². The molecule has 1 N–H and O–H groups in total. The van der Waals surface area contributed by atoms with Gasteiger partial charge in [0.2, 0.25) is 0 Å². The molecule has 0 atom stereocenters. The van der Waals surface area contributed by atoms with Crippen molar-refractivity contribution in [3.05, 3.63) is 28.1 Å². The van der Waals surface area contributed by atoms with Gasteiger partial charge in [-0.2, -0.15) is 0 Å². The summed E-state index contributed by atoms with van der Waals surface area (Å²) in [5.74, 6) is 0. The molecule has 68 valence electrons. The van der Waals surface area contributed by atoms with Crippen molar-refractivity contribution in [3.63, 3.8) is 0 Å². The molecule has 0 spiro atoms. The minimum atomic E-state index is 0.0287. The summed E-state index contributed by atoms with van der Waals surface area (Å²) >= 11 is 3.28. The van der Waals surface area contributed by atoms with E-state index < -0.39 is 0 Å². The molecular weight excluding hydrogens is 202 g/mol. The summed E-state index contributed by atoms with van der Waals surface area (Å²) < 4.78 is 0. The molecule has 0 radical (unpaired) electrons. The number of thiazole rings is 1. The van der Waals surface area contributed by atoms with Gasteiger partial charge in [0.1, 0.15) is 5.01 Å². The Morgan fingerprint density at radius 1 is 1.46 bits per heavy atom. The summed E-state index contributed by atoms with van der Waals surface area (Å²) in [5.41, 5.74) is 2.01. The van der Waals surface area contributed by atoms with Gasteiger partial charge in [0.15, 0.2) is 0 Å². The number of hydrogen-bond acceptors (Lipinski definition) is 4. The molecule has 0 aromatic carbocycles. The molecule has 0 fully saturated rings. The number of rotatable bonds is 2. The van der Waals surface area contributed by atoms with Crippen molar-refractivity contribution < 1.29 is 5.11 Å². The maximum atomic E-state index is 8.87. The van der Waals surface area contributed by atoms with Crippen LogP contribution in [0.3, 0.4) is 0 Å². The van der Waals surface area contributed by atoms with Gasteiger partial charge in [-0.1, -0.05) is 0 Å². The lowest BCUT2D eigenvalue weighted by Crippen LogP contribution is -1.81. The van der Waals surface area contributed by atoms with Crippen LogP contribution in [0.4, 0.5) is 0 Å². The first-order valence-electron chi connectivity index (χ1n) is 3.91. The largest absolute Gasteiger partial charge is 0.390 e. The van der Waals surface area contributed by atoms with Gasteiger partial charge < -0.3 is 5.11 Å². The van der Waals surface area contributed by atoms with Gasteiger partial charge in [0, 0.05) is 5.38 Å². The van der Waals surface area contributed by atoms with Crippen LogP contribution in [0.15, 0.2) is 16.8 Å². The van der Waals surface area contributed by atoms with E-state index in [1.54, 1.807) is 22.7 Å². The van der Waals surface area contributed by atoms with Crippen molar-refractivity contribution in [2.24, 2.45) is 0 Å². The number of aryl methyl sites for hydroxylation is 1. The van der Waals surface area contributed by atoms with Crippen LogP contribution >= 0.6 is 22.7 Å². The molecule has 2 aromatic rings. The van der Waals surface area contributed by atoms with Crippen LogP contribution in [0.5, 0.6) is 0 Å². The van der Waals surface area contributed by atoms with Crippen molar-refractivity contribution in [3.8, 4) is 9.88 Å². The summed E-state index contributed by atoms with van der Waals surface area (Å²) in [4.78, 5) is 5.52. The summed E-state index contributed by atoms with van der Waals surface area (Å²) in [6.07, 6.45) is 0. The van der Waals surface area contributed by atoms with E-state index in [4.69, 9.17) is 5.11 Å². The third kappa shape index (κ3) is 1.65. The second-order valence-electron chi connectivity index (χ2n) is 2.73. The Morgan fingerprint density at radius 3 is 2.85 bits per heavy atom. The Kier molecular flexibility index (Phi) is 2.44. The lowest BCUT2D eigenvalue weighted by molar-refractivity contribution is 0.278. The molecule has 2 rings (SSSR count). The number of aliphatic hydroxyl groups is 1. The molecule has 0 aliphatic carbocycles. The SMILES string of the molecule is Cc1ccsc1-c1nc(CO)cs1. The average molecular weight is 211 g/mol. The molecule has 2 aromatic heterocycles. The lowest BCUT2D eigenvalue weighted by Gasteiger charge is -1.91. The van der Waals surface area contributed by atoms with Crippen LogP contribution in [-0.4, -0.2) is 10.1 Å². The molecule has 4 heteroatoms. The van der Waals surface area contributed by atoms with E-state index in [0.717, 1.165) is 10.7 Å². The first kappa shape index (κ1) is 8.87. The highest BCUT2D eigenvalue weighted by Crippen LogP contribution is 2.31. The highest BCUT2D eigenvalue weighted by Gasteiger charge is 2.07. The lowest BCUT2D eigenvalue weighted by atomic mass is 10.3. The maximum absolute atomic E-state index is 8.87. The molecule has 0 unspecified atom stereocenters. The number of thiophene rings is 1. The summed E-state index contributed by atoms with van der Waals surface area (Å²) in [6.45, 7) is 2.10. The normalized spacial score (nSPS) is 10.6. The fourth-order valence-corrected chi connectivity index (χ4v) is 2.99. The third-order valence-corrected chi connectivity index (χ3v) is 3.83. The quantitative estimate of drug-likeness (QED) is 0.828. The van der Waals surface area contributed by atoms with Gasteiger partial charge >= 0.3 is 0 Å². The van der Waals surface area contributed by atoms with E-state index in [1.807, 2.05) is 5.38 Å². The van der Waals surface area contributed by atoms with Gasteiger partial charge in [-0.3, -0.25) is 0 Å². The summed E-state index contributed by atoms with van der Waals surface area (Å²) in [6, 6.07) is 2.08. The zero-order chi connectivity index (χ0) is 9.26. The van der Waals surface area contributed by atoms with Crippen LogP contribution in [0.1, 0.15) is 11.3 Å². The number of nitrogens with zero attached hydrogens (tertiary/aromatic N) is 1. The molecule has 2 heterocycles. The van der Waals surface area contributed by atoms with Gasteiger partial charge in [-0.15, -0.1) is 22.7 Å². The van der Waals surface area contributed by atoms with Crippen molar-refractivity contribution in [2.45, 2.75) is 13.5 Å². The van der Waals surface area contributed by atoms with Crippen LogP contribution in [0.2, 0.25) is 0 Å². The molecule has 0 saturated heterocycles. The van der Waals surface area contributed by atoms with E-state index in [9.17, 15) is 0 Å². The highest BCUT2D eigenvalue weighted by atomic mass is 32.1. The predicted octanol–water partition coefficient (Wildman–Crippen LogP) is 2.67. The third-order valence-electron chi connectivity index (χ3n) is 1.77.